The van der Waals surface area contributed by atoms with Gasteiger partial charge < -0.3 is 15.0 Å². The minimum absolute atomic E-state index is 0.318. The summed E-state index contributed by atoms with van der Waals surface area (Å²) in [5.74, 6) is 0. The Morgan fingerprint density at radius 2 is 1.76 bits per heavy atom. The van der Waals surface area contributed by atoms with Gasteiger partial charge >= 0.3 is 0 Å². The molecule has 0 saturated carbocycles. The molecule has 0 unspecified atom stereocenters. The Kier molecular flexibility index (Phi) is 7.23. The molecular weight excluding hydrogens is 264 g/mol. The molecule has 1 aliphatic heterocycles. The van der Waals surface area contributed by atoms with E-state index in [-0.39, 0.29) is 5.60 Å². The smallest absolute Gasteiger partial charge is 0.293 e. The van der Waals surface area contributed by atoms with Crippen LogP contribution in [0.1, 0.15) is 33.6 Å². The van der Waals surface area contributed by atoms with Gasteiger partial charge in [-0.05, 0) is 65.9 Å². The summed E-state index contributed by atoms with van der Waals surface area (Å²) in [5.41, 5.74) is 0.934. The fourth-order valence-electron chi connectivity index (χ4n) is 2.07. The third kappa shape index (κ3) is 8.35. The summed E-state index contributed by atoms with van der Waals surface area (Å²) in [4.78, 5) is 12.0. The first-order valence-corrected chi connectivity index (χ1v) is 7.52. The van der Waals surface area contributed by atoms with Crippen molar-refractivity contribution in [2.75, 3.05) is 25.5 Å². The van der Waals surface area contributed by atoms with Gasteiger partial charge in [-0.2, -0.15) is 0 Å². The highest BCUT2D eigenvalue weighted by Gasteiger charge is 2.15. The lowest BCUT2D eigenvalue weighted by Crippen LogP contribution is -2.36. The standard InChI is InChI=1S/C12H18N2.C5H10O2/c1-14-9-7-12(8-10-14)13-11-5-3-2-4-6-11;1-5(2,3)7-4-6/h2-6,12-13H,7-10H2,1H3;4H,1-3H3. The van der Waals surface area contributed by atoms with Crippen LogP contribution in [0.3, 0.4) is 0 Å². The van der Waals surface area contributed by atoms with Gasteiger partial charge in [0, 0.05) is 11.7 Å². The van der Waals surface area contributed by atoms with Crippen LogP contribution in [0.25, 0.3) is 0 Å². The second kappa shape index (κ2) is 8.67. The number of anilines is 1. The molecule has 4 heteroatoms. The van der Waals surface area contributed by atoms with Crippen molar-refractivity contribution in [2.24, 2.45) is 0 Å². The molecule has 0 atom stereocenters. The van der Waals surface area contributed by atoms with Gasteiger partial charge in [0.05, 0.1) is 0 Å². The van der Waals surface area contributed by atoms with Crippen LogP contribution >= 0.6 is 0 Å². The third-order valence-electron chi connectivity index (χ3n) is 3.26. The first-order chi connectivity index (χ1) is 9.90. The number of nitrogens with one attached hydrogen (secondary N) is 1. The summed E-state index contributed by atoms with van der Waals surface area (Å²) >= 11 is 0. The van der Waals surface area contributed by atoms with Crippen LogP contribution in [-0.2, 0) is 9.53 Å². The number of para-hydroxylation sites is 1. The van der Waals surface area contributed by atoms with E-state index in [1.54, 1.807) is 0 Å². The molecule has 1 aliphatic rings. The third-order valence-corrected chi connectivity index (χ3v) is 3.26. The Morgan fingerprint density at radius 1 is 1.19 bits per heavy atom. The lowest BCUT2D eigenvalue weighted by Gasteiger charge is -2.30. The summed E-state index contributed by atoms with van der Waals surface area (Å²) in [7, 11) is 2.19. The Labute approximate surface area is 128 Å². The largest absolute Gasteiger partial charge is 0.462 e. The van der Waals surface area contributed by atoms with Crippen molar-refractivity contribution < 1.29 is 9.53 Å². The van der Waals surface area contributed by atoms with Gasteiger partial charge in [-0.25, -0.2) is 0 Å². The van der Waals surface area contributed by atoms with Gasteiger partial charge in [-0.3, -0.25) is 4.79 Å². The Bertz CT molecular complexity index is 393. The van der Waals surface area contributed by atoms with Gasteiger partial charge in [0.1, 0.15) is 5.60 Å². The van der Waals surface area contributed by atoms with Crippen LogP contribution in [0.5, 0.6) is 0 Å². The highest BCUT2D eigenvalue weighted by Crippen LogP contribution is 2.15. The zero-order valence-corrected chi connectivity index (χ0v) is 13.6. The molecule has 1 N–H and O–H groups in total. The second-order valence-corrected chi connectivity index (χ2v) is 6.41. The van der Waals surface area contributed by atoms with Crippen LogP contribution in [0.2, 0.25) is 0 Å². The molecule has 0 spiro atoms. The van der Waals surface area contributed by atoms with Gasteiger partial charge in [0.15, 0.2) is 0 Å². The van der Waals surface area contributed by atoms with E-state index >= 15 is 0 Å². The number of hydrogen-bond donors (Lipinski definition) is 1. The number of rotatable bonds is 3. The number of benzene rings is 1. The van der Waals surface area contributed by atoms with Gasteiger partial charge in [0.2, 0.25) is 0 Å². The van der Waals surface area contributed by atoms with Crippen molar-refractivity contribution in [2.45, 2.75) is 45.3 Å². The molecule has 1 aromatic carbocycles. The van der Waals surface area contributed by atoms with E-state index in [1.165, 1.54) is 31.6 Å². The minimum atomic E-state index is -0.318. The fraction of sp³-hybridized carbons (Fsp3) is 0.588. The predicted molar refractivity (Wildman–Crippen MR) is 87.5 cm³/mol. The number of ether oxygens (including phenoxy) is 1. The molecule has 118 valence electrons. The first-order valence-electron chi connectivity index (χ1n) is 7.52. The highest BCUT2D eigenvalue weighted by atomic mass is 16.5. The first kappa shape index (κ1) is 17.5. The molecule has 0 aromatic heterocycles. The quantitative estimate of drug-likeness (QED) is 0.869. The number of likely N-dealkylation sites (tertiary alicyclic amines) is 1. The number of hydrogen-bond acceptors (Lipinski definition) is 4. The average Bonchev–Trinajstić information content (AvgIpc) is 2.42. The monoisotopic (exact) mass is 292 g/mol. The molecule has 0 amide bonds. The summed E-state index contributed by atoms with van der Waals surface area (Å²) in [6, 6.07) is 11.2. The van der Waals surface area contributed by atoms with E-state index in [2.05, 4.69) is 52.3 Å². The lowest BCUT2D eigenvalue weighted by atomic mass is 10.1. The minimum Gasteiger partial charge on any atom is -0.462 e. The van der Waals surface area contributed by atoms with Crippen molar-refractivity contribution in [1.82, 2.24) is 4.90 Å². The molecule has 2 rings (SSSR count). The van der Waals surface area contributed by atoms with Crippen molar-refractivity contribution >= 4 is 12.2 Å². The van der Waals surface area contributed by atoms with E-state index in [0.717, 1.165) is 0 Å². The average molecular weight is 292 g/mol. The van der Waals surface area contributed by atoms with Crippen molar-refractivity contribution in [3.05, 3.63) is 30.3 Å². The van der Waals surface area contributed by atoms with E-state index in [1.807, 2.05) is 20.8 Å². The molecular formula is C17H28N2O2. The van der Waals surface area contributed by atoms with Crippen LogP contribution in [0.4, 0.5) is 5.69 Å². The van der Waals surface area contributed by atoms with Crippen molar-refractivity contribution in [3.8, 4) is 0 Å². The zero-order valence-electron chi connectivity index (χ0n) is 13.6. The molecule has 0 bridgehead atoms. The molecule has 1 heterocycles. The van der Waals surface area contributed by atoms with E-state index < -0.39 is 0 Å². The SMILES string of the molecule is CC(C)(C)OC=O.CN1CCC(Nc2ccccc2)CC1. The number of piperidine rings is 1. The van der Waals surface area contributed by atoms with Crippen LogP contribution in [-0.4, -0.2) is 43.2 Å². The predicted octanol–water partition coefficient (Wildman–Crippen LogP) is 3.15. The molecule has 0 aliphatic carbocycles. The maximum atomic E-state index is 9.60. The zero-order chi connectivity index (χ0) is 15.7. The summed E-state index contributed by atoms with van der Waals surface area (Å²) in [5, 5.41) is 3.57. The number of carbonyl (C=O) groups excluding carboxylic acids is 1. The van der Waals surface area contributed by atoms with Crippen LogP contribution in [0, 0.1) is 0 Å². The number of carbonyl (C=O) groups is 1. The van der Waals surface area contributed by atoms with E-state index in [9.17, 15) is 4.79 Å². The molecule has 1 fully saturated rings. The topological polar surface area (TPSA) is 41.6 Å². The van der Waals surface area contributed by atoms with Crippen LogP contribution in [0.15, 0.2) is 30.3 Å². The summed E-state index contributed by atoms with van der Waals surface area (Å²) in [6.45, 7) is 8.35. The number of nitrogens with zero attached hydrogens (tertiary/aromatic N) is 1. The highest BCUT2D eigenvalue weighted by molar-refractivity contribution is 5.43. The Hall–Kier alpha value is -1.55. The molecule has 21 heavy (non-hydrogen) atoms. The van der Waals surface area contributed by atoms with E-state index in [4.69, 9.17) is 0 Å². The molecule has 1 saturated heterocycles. The molecule has 4 nitrogen and oxygen atoms in total. The van der Waals surface area contributed by atoms with Crippen molar-refractivity contribution in [3.63, 3.8) is 0 Å². The van der Waals surface area contributed by atoms with Crippen LogP contribution < -0.4 is 5.32 Å². The maximum absolute atomic E-state index is 9.60. The Morgan fingerprint density at radius 3 is 2.19 bits per heavy atom. The normalized spacial score (nSPS) is 16.6. The lowest BCUT2D eigenvalue weighted by molar-refractivity contribution is -0.138. The summed E-state index contributed by atoms with van der Waals surface area (Å²) in [6.07, 6.45) is 2.51. The fourth-order valence-corrected chi connectivity index (χ4v) is 2.07. The van der Waals surface area contributed by atoms with E-state index in [0.29, 0.717) is 12.5 Å². The maximum Gasteiger partial charge on any atom is 0.293 e. The van der Waals surface area contributed by atoms with Gasteiger partial charge in [-0.15, -0.1) is 0 Å². The van der Waals surface area contributed by atoms with Crippen molar-refractivity contribution in [1.29, 1.82) is 0 Å². The molecule has 1 aromatic rings. The van der Waals surface area contributed by atoms with Gasteiger partial charge in [0.25, 0.3) is 6.47 Å². The molecule has 0 radical (unpaired) electrons. The Balaban J connectivity index is 0.000000270. The summed E-state index contributed by atoms with van der Waals surface area (Å²) < 4.78 is 4.55. The van der Waals surface area contributed by atoms with Gasteiger partial charge in [-0.1, -0.05) is 18.2 Å². The second-order valence-electron chi connectivity index (χ2n) is 6.41.